The molecule has 0 bridgehead atoms. The zero-order valence-electron chi connectivity index (χ0n) is 15.5. The first kappa shape index (κ1) is 19.5. The largest absolute Gasteiger partial charge is 0.0890 e. The second-order valence-corrected chi connectivity index (χ2v) is 8.51. The molecule has 0 amide bonds. The third-order valence-electron chi connectivity index (χ3n) is 4.72. The highest BCUT2D eigenvalue weighted by molar-refractivity contribution is 8.76. The van der Waals surface area contributed by atoms with Crippen LogP contribution in [0.1, 0.15) is 61.1 Å². The Labute approximate surface area is 156 Å². The van der Waals surface area contributed by atoms with Gasteiger partial charge < -0.3 is 0 Å². The van der Waals surface area contributed by atoms with Crippen molar-refractivity contribution in [2.45, 2.75) is 64.9 Å². The van der Waals surface area contributed by atoms with Gasteiger partial charge in [-0.25, -0.2) is 0 Å². The van der Waals surface area contributed by atoms with Crippen LogP contribution in [0.3, 0.4) is 0 Å². The van der Waals surface area contributed by atoms with E-state index in [-0.39, 0.29) is 0 Å². The van der Waals surface area contributed by atoms with Crippen LogP contribution in [0.2, 0.25) is 0 Å². The molecular weight excluding hydrogens is 328 g/mol. The van der Waals surface area contributed by atoms with E-state index in [1.165, 1.54) is 22.3 Å². The quantitative estimate of drug-likeness (QED) is 0.349. The normalized spacial score (nSPS) is 11.0. The van der Waals surface area contributed by atoms with Gasteiger partial charge in [-0.05, 0) is 59.1 Å². The van der Waals surface area contributed by atoms with E-state index < -0.39 is 0 Å². The van der Waals surface area contributed by atoms with E-state index in [2.05, 4.69) is 64.1 Å². The number of aryl methyl sites for hydroxylation is 2. The lowest BCUT2D eigenvalue weighted by atomic mass is 9.98. The summed E-state index contributed by atoms with van der Waals surface area (Å²) in [7, 11) is 4.00. The first-order valence-corrected chi connectivity index (χ1v) is 11.7. The Balaban J connectivity index is 1.97. The maximum Gasteiger partial charge on any atom is 0.0291 e. The van der Waals surface area contributed by atoms with E-state index >= 15 is 0 Å². The molecule has 0 unspecified atom stereocenters. The molecule has 130 valence electrons. The molecule has 0 aromatic heterocycles. The number of hydrogen-bond acceptors (Lipinski definition) is 2. The molecular formula is C22H30S2. The minimum Gasteiger partial charge on any atom is -0.0890 e. The van der Waals surface area contributed by atoms with Crippen LogP contribution < -0.4 is 0 Å². The highest BCUT2D eigenvalue weighted by Gasteiger charge is 2.08. The summed E-state index contributed by atoms with van der Waals surface area (Å²) in [4.78, 5) is 0. The van der Waals surface area contributed by atoms with Crippen molar-refractivity contribution in [1.82, 2.24) is 0 Å². The summed E-state index contributed by atoms with van der Waals surface area (Å²) < 4.78 is 0. The Hall–Kier alpha value is -0.860. The van der Waals surface area contributed by atoms with Gasteiger partial charge in [0.2, 0.25) is 0 Å². The van der Waals surface area contributed by atoms with Crippen LogP contribution in [0, 0.1) is 0 Å². The van der Waals surface area contributed by atoms with Gasteiger partial charge in [0.25, 0.3) is 0 Å². The highest BCUT2D eigenvalue weighted by Crippen LogP contribution is 2.33. The Bertz CT molecular complexity index is 589. The molecule has 0 heterocycles. The van der Waals surface area contributed by atoms with Crippen molar-refractivity contribution in [3.8, 4) is 0 Å². The van der Waals surface area contributed by atoms with E-state index in [0.717, 1.165) is 37.2 Å². The molecule has 0 saturated carbocycles. The monoisotopic (exact) mass is 358 g/mol. The van der Waals surface area contributed by atoms with Crippen LogP contribution >= 0.6 is 21.6 Å². The van der Waals surface area contributed by atoms with Crippen molar-refractivity contribution in [3.63, 3.8) is 0 Å². The molecule has 0 N–H and O–H groups in total. The van der Waals surface area contributed by atoms with Crippen LogP contribution in [0.15, 0.2) is 36.4 Å². The minimum atomic E-state index is 1.11. The second-order valence-electron chi connectivity index (χ2n) is 6.05. The Kier molecular flexibility index (Phi) is 8.28. The van der Waals surface area contributed by atoms with Gasteiger partial charge in [-0.1, -0.05) is 85.7 Å². The summed E-state index contributed by atoms with van der Waals surface area (Å²) in [6.07, 6.45) is 4.56. The second kappa shape index (κ2) is 10.2. The van der Waals surface area contributed by atoms with Gasteiger partial charge >= 0.3 is 0 Å². The zero-order chi connectivity index (χ0) is 17.4. The molecule has 2 aromatic rings. The maximum absolute atomic E-state index is 2.31. The fourth-order valence-corrected chi connectivity index (χ4v) is 5.65. The molecule has 0 saturated heterocycles. The van der Waals surface area contributed by atoms with Crippen molar-refractivity contribution in [1.29, 1.82) is 0 Å². The van der Waals surface area contributed by atoms with Crippen LogP contribution in [0.5, 0.6) is 0 Å². The molecule has 2 heteroatoms. The summed E-state index contributed by atoms with van der Waals surface area (Å²) in [5, 5.41) is 0. The highest BCUT2D eigenvalue weighted by atomic mass is 33.1. The van der Waals surface area contributed by atoms with Crippen LogP contribution in [-0.2, 0) is 37.2 Å². The molecule has 0 aliphatic carbocycles. The number of hydrogen-bond donors (Lipinski definition) is 0. The molecule has 24 heavy (non-hydrogen) atoms. The standard InChI is InChI=1S/C22H30S2/c1-5-17-11-9-13-19(21(17)7-3)15-23-24-16-20-14-10-12-18(6-2)22(20)8-4/h9-14H,5-8,15-16H2,1-4H3. The average molecular weight is 359 g/mol. The first-order chi connectivity index (χ1) is 11.7. The van der Waals surface area contributed by atoms with Gasteiger partial charge in [0, 0.05) is 11.5 Å². The molecule has 0 fully saturated rings. The van der Waals surface area contributed by atoms with Crippen LogP contribution in [0.25, 0.3) is 0 Å². The fraction of sp³-hybridized carbons (Fsp3) is 0.455. The van der Waals surface area contributed by atoms with Crippen LogP contribution in [-0.4, -0.2) is 0 Å². The van der Waals surface area contributed by atoms with E-state index in [4.69, 9.17) is 0 Å². The predicted molar refractivity (Wildman–Crippen MR) is 113 cm³/mol. The Morgan fingerprint density at radius 1 is 0.542 bits per heavy atom. The third-order valence-corrected chi connectivity index (χ3v) is 6.95. The van der Waals surface area contributed by atoms with Crippen LogP contribution in [0.4, 0.5) is 0 Å². The first-order valence-electron chi connectivity index (χ1n) is 9.18. The fourth-order valence-electron chi connectivity index (χ4n) is 3.43. The van der Waals surface area contributed by atoms with Crippen molar-refractivity contribution in [2.24, 2.45) is 0 Å². The van der Waals surface area contributed by atoms with E-state index in [1.54, 1.807) is 11.1 Å². The SMILES string of the molecule is CCc1cccc(CSSCc2cccc(CC)c2CC)c1CC. The molecule has 2 rings (SSSR count). The topological polar surface area (TPSA) is 0 Å². The van der Waals surface area contributed by atoms with Gasteiger partial charge in [0.15, 0.2) is 0 Å². The maximum atomic E-state index is 2.31. The molecule has 0 radical (unpaired) electrons. The zero-order valence-corrected chi connectivity index (χ0v) is 17.2. The van der Waals surface area contributed by atoms with Gasteiger partial charge in [0.05, 0.1) is 0 Å². The third kappa shape index (κ3) is 4.83. The summed E-state index contributed by atoms with van der Waals surface area (Å²) >= 11 is 0. The summed E-state index contributed by atoms with van der Waals surface area (Å²) in [6, 6.07) is 13.6. The summed E-state index contributed by atoms with van der Waals surface area (Å²) in [6.45, 7) is 9.07. The molecule has 0 aliphatic heterocycles. The van der Waals surface area contributed by atoms with E-state index in [1.807, 2.05) is 21.6 Å². The lowest BCUT2D eigenvalue weighted by molar-refractivity contribution is 1.01. The van der Waals surface area contributed by atoms with E-state index in [0.29, 0.717) is 0 Å². The van der Waals surface area contributed by atoms with E-state index in [9.17, 15) is 0 Å². The molecule has 2 aromatic carbocycles. The minimum absolute atomic E-state index is 1.11. The smallest absolute Gasteiger partial charge is 0.0291 e. The number of rotatable bonds is 9. The molecule has 0 aliphatic rings. The molecule has 0 spiro atoms. The van der Waals surface area contributed by atoms with Gasteiger partial charge in [0.1, 0.15) is 0 Å². The Morgan fingerprint density at radius 3 is 1.25 bits per heavy atom. The predicted octanol–water partition coefficient (Wildman–Crippen LogP) is 7.02. The number of benzene rings is 2. The van der Waals surface area contributed by atoms with Gasteiger partial charge in [-0.2, -0.15) is 0 Å². The summed E-state index contributed by atoms with van der Waals surface area (Å²) in [5.41, 5.74) is 9.21. The van der Waals surface area contributed by atoms with Gasteiger partial charge in [-0.15, -0.1) is 0 Å². The van der Waals surface area contributed by atoms with Crippen molar-refractivity contribution in [3.05, 3.63) is 69.8 Å². The lowest BCUT2D eigenvalue weighted by Gasteiger charge is -2.13. The van der Waals surface area contributed by atoms with Crippen molar-refractivity contribution >= 4 is 21.6 Å². The van der Waals surface area contributed by atoms with Gasteiger partial charge in [-0.3, -0.25) is 0 Å². The lowest BCUT2D eigenvalue weighted by Crippen LogP contribution is -1.97. The summed E-state index contributed by atoms with van der Waals surface area (Å²) in [5.74, 6) is 2.22. The molecule has 0 nitrogen and oxygen atoms in total. The van der Waals surface area contributed by atoms with Crippen molar-refractivity contribution < 1.29 is 0 Å². The van der Waals surface area contributed by atoms with Crippen molar-refractivity contribution in [2.75, 3.05) is 0 Å². The average Bonchev–Trinajstić information content (AvgIpc) is 2.64. The Morgan fingerprint density at radius 2 is 0.917 bits per heavy atom. The molecule has 0 atom stereocenters.